The molecule has 1 amide bonds. The number of aromatic carboxylic acids is 1. The largest absolute Gasteiger partial charge is 0.586 e. The fourth-order valence-electron chi connectivity index (χ4n) is 4.14. The summed E-state index contributed by atoms with van der Waals surface area (Å²) in [6, 6.07) is 13.3. The Kier molecular flexibility index (Phi) is 4.82. The Morgan fingerprint density at radius 3 is 2.38 bits per heavy atom. The number of carboxylic acids is 1. The number of anilines is 1. The molecule has 3 aromatic carbocycles. The van der Waals surface area contributed by atoms with Crippen LogP contribution in [-0.2, 0) is 10.2 Å². The normalized spacial score (nSPS) is 16.7. The molecule has 0 radical (unpaired) electrons. The van der Waals surface area contributed by atoms with Crippen molar-refractivity contribution in [1.29, 1.82) is 0 Å². The molecular formula is C25H18F3NO5. The number of rotatable bonds is 5. The molecule has 9 heteroatoms. The number of carbonyl (C=O) groups is 2. The van der Waals surface area contributed by atoms with Gasteiger partial charge in [0, 0.05) is 5.69 Å². The summed E-state index contributed by atoms with van der Waals surface area (Å²) in [4.78, 5) is 24.3. The summed E-state index contributed by atoms with van der Waals surface area (Å²) in [5.74, 6) is -2.73. The van der Waals surface area contributed by atoms with Crippen LogP contribution in [0.1, 0.15) is 34.3 Å². The van der Waals surface area contributed by atoms with E-state index in [0.29, 0.717) is 35.2 Å². The van der Waals surface area contributed by atoms with Crippen molar-refractivity contribution in [2.24, 2.45) is 0 Å². The number of hydrogen-bond donors (Lipinski definition) is 2. The minimum atomic E-state index is -3.74. The van der Waals surface area contributed by atoms with Gasteiger partial charge in [-0.15, -0.1) is 8.78 Å². The molecule has 3 aromatic rings. The molecule has 0 bridgehead atoms. The van der Waals surface area contributed by atoms with Crippen molar-refractivity contribution in [3.63, 3.8) is 0 Å². The van der Waals surface area contributed by atoms with Gasteiger partial charge in [0.15, 0.2) is 11.5 Å². The molecule has 0 aromatic heterocycles. The van der Waals surface area contributed by atoms with Crippen molar-refractivity contribution in [2.45, 2.75) is 31.5 Å². The molecule has 1 aliphatic carbocycles. The van der Waals surface area contributed by atoms with E-state index >= 15 is 0 Å². The maximum Gasteiger partial charge on any atom is 0.586 e. The van der Waals surface area contributed by atoms with Gasteiger partial charge in [-0.2, -0.15) is 0 Å². The molecule has 5 rings (SSSR count). The molecule has 0 unspecified atom stereocenters. The first-order valence-corrected chi connectivity index (χ1v) is 10.4. The van der Waals surface area contributed by atoms with Gasteiger partial charge < -0.3 is 19.9 Å². The van der Waals surface area contributed by atoms with Crippen molar-refractivity contribution in [3.05, 3.63) is 77.1 Å². The summed E-state index contributed by atoms with van der Waals surface area (Å²) in [5, 5.41) is 11.9. The topological polar surface area (TPSA) is 84.9 Å². The molecule has 174 valence electrons. The van der Waals surface area contributed by atoms with Gasteiger partial charge in [0.25, 0.3) is 0 Å². The summed E-state index contributed by atoms with van der Waals surface area (Å²) in [6.07, 6.45) is -2.66. The van der Waals surface area contributed by atoms with Gasteiger partial charge in [0.05, 0.1) is 11.0 Å². The monoisotopic (exact) mass is 469 g/mol. The van der Waals surface area contributed by atoms with E-state index in [1.54, 1.807) is 24.3 Å². The van der Waals surface area contributed by atoms with Crippen LogP contribution in [-0.4, -0.2) is 23.3 Å². The number of hydrogen-bond acceptors (Lipinski definition) is 4. The number of halogens is 3. The number of fused-ring (bicyclic) bond motifs is 1. The average molecular weight is 469 g/mol. The lowest BCUT2D eigenvalue weighted by molar-refractivity contribution is -0.286. The highest BCUT2D eigenvalue weighted by molar-refractivity contribution is 6.02. The highest BCUT2D eigenvalue weighted by atomic mass is 19.3. The van der Waals surface area contributed by atoms with E-state index in [1.807, 2.05) is 6.92 Å². The number of aryl methyl sites for hydroxylation is 1. The van der Waals surface area contributed by atoms with Crippen LogP contribution in [0.25, 0.3) is 11.1 Å². The van der Waals surface area contributed by atoms with E-state index in [-0.39, 0.29) is 17.4 Å². The van der Waals surface area contributed by atoms with Crippen LogP contribution in [0.15, 0.2) is 54.6 Å². The zero-order chi connectivity index (χ0) is 24.3. The molecule has 0 saturated heterocycles. The fraction of sp³-hybridized carbons (Fsp3) is 0.200. The van der Waals surface area contributed by atoms with Gasteiger partial charge in [-0.1, -0.05) is 18.2 Å². The van der Waals surface area contributed by atoms with Crippen molar-refractivity contribution >= 4 is 17.6 Å². The molecule has 0 spiro atoms. The highest BCUT2D eigenvalue weighted by Crippen LogP contribution is 2.52. The van der Waals surface area contributed by atoms with Crippen molar-refractivity contribution in [3.8, 4) is 22.6 Å². The van der Waals surface area contributed by atoms with Crippen LogP contribution in [0, 0.1) is 12.7 Å². The second-order valence-electron chi connectivity index (χ2n) is 8.39. The summed E-state index contributed by atoms with van der Waals surface area (Å²) in [6.45, 7) is 1.81. The lowest BCUT2D eigenvalue weighted by Gasteiger charge is -2.17. The number of carboxylic acid groups (broad SMARTS) is 1. The van der Waals surface area contributed by atoms with Crippen molar-refractivity contribution < 1.29 is 37.3 Å². The van der Waals surface area contributed by atoms with Crippen LogP contribution < -0.4 is 14.8 Å². The predicted octanol–water partition coefficient (Wildman–Crippen LogP) is 5.49. The molecule has 1 heterocycles. The third-order valence-corrected chi connectivity index (χ3v) is 6.14. The molecule has 1 fully saturated rings. The maximum absolute atomic E-state index is 14.2. The number of carbonyl (C=O) groups excluding carboxylic acids is 1. The van der Waals surface area contributed by atoms with Gasteiger partial charge in [0.1, 0.15) is 5.82 Å². The van der Waals surface area contributed by atoms with Crippen LogP contribution >= 0.6 is 0 Å². The van der Waals surface area contributed by atoms with Gasteiger partial charge in [-0.05, 0) is 78.4 Å². The van der Waals surface area contributed by atoms with E-state index in [9.17, 15) is 22.8 Å². The third-order valence-electron chi connectivity index (χ3n) is 6.14. The Labute approximate surface area is 191 Å². The highest BCUT2D eigenvalue weighted by Gasteiger charge is 2.52. The first-order valence-electron chi connectivity index (χ1n) is 10.4. The van der Waals surface area contributed by atoms with Gasteiger partial charge >= 0.3 is 12.3 Å². The predicted molar refractivity (Wildman–Crippen MR) is 116 cm³/mol. The summed E-state index contributed by atoms with van der Waals surface area (Å²) < 4.78 is 49.8. The lowest BCUT2D eigenvalue weighted by atomic mass is 9.94. The number of nitrogens with one attached hydrogen (secondary N) is 1. The van der Waals surface area contributed by atoms with E-state index in [4.69, 9.17) is 5.11 Å². The van der Waals surface area contributed by atoms with E-state index in [0.717, 1.165) is 11.6 Å². The second kappa shape index (κ2) is 7.51. The third kappa shape index (κ3) is 3.72. The maximum atomic E-state index is 14.2. The van der Waals surface area contributed by atoms with Gasteiger partial charge in [0.2, 0.25) is 5.91 Å². The van der Waals surface area contributed by atoms with Crippen molar-refractivity contribution in [1.82, 2.24) is 0 Å². The average Bonchev–Trinajstić information content (AvgIpc) is 3.52. The van der Waals surface area contributed by atoms with E-state index in [1.165, 1.54) is 24.3 Å². The molecule has 0 atom stereocenters. The summed E-state index contributed by atoms with van der Waals surface area (Å²) in [5.41, 5.74) is 1.60. The SMILES string of the molecule is Cc1ccc(NC(=O)C2(c3ccc4c(c3)OC(F)(F)O4)CC2)cc1-c1ccc(C(=O)O)c(F)c1. The Morgan fingerprint density at radius 2 is 1.71 bits per heavy atom. The smallest absolute Gasteiger partial charge is 0.478 e. The van der Waals surface area contributed by atoms with Gasteiger partial charge in [-0.3, -0.25) is 4.79 Å². The number of benzene rings is 3. The van der Waals surface area contributed by atoms with Crippen molar-refractivity contribution in [2.75, 3.05) is 5.32 Å². The van der Waals surface area contributed by atoms with Crippen LogP contribution in [0.5, 0.6) is 11.5 Å². The Morgan fingerprint density at radius 1 is 0.971 bits per heavy atom. The first-order chi connectivity index (χ1) is 16.1. The zero-order valence-electron chi connectivity index (χ0n) is 17.8. The van der Waals surface area contributed by atoms with E-state index < -0.39 is 29.1 Å². The first kappa shape index (κ1) is 21.8. The van der Waals surface area contributed by atoms with Crippen LogP contribution in [0.3, 0.4) is 0 Å². The van der Waals surface area contributed by atoms with Crippen LogP contribution in [0.4, 0.5) is 18.9 Å². The Balaban J connectivity index is 1.40. The summed E-state index contributed by atoms with van der Waals surface area (Å²) in [7, 11) is 0. The standard InChI is InChI=1S/C25H18F3NO5/c1-13-2-5-16(12-18(13)14-3-6-17(22(30)31)19(26)10-14)29-23(32)24(8-9-24)15-4-7-20-21(11-15)34-25(27,28)33-20/h2-7,10-12H,8-9H2,1H3,(H,29,32)(H,30,31). The molecule has 1 saturated carbocycles. The molecule has 34 heavy (non-hydrogen) atoms. The molecule has 2 aliphatic rings. The molecule has 1 aliphatic heterocycles. The minimum absolute atomic E-state index is 0.0886. The number of amides is 1. The molecule has 6 nitrogen and oxygen atoms in total. The molecule has 2 N–H and O–H groups in total. The lowest BCUT2D eigenvalue weighted by Crippen LogP contribution is -2.28. The zero-order valence-corrected chi connectivity index (χ0v) is 17.8. The molecular weight excluding hydrogens is 451 g/mol. The van der Waals surface area contributed by atoms with E-state index in [2.05, 4.69) is 14.8 Å². The Bertz CT molecular complexity index is 1350. The number of alkyl halides is 2. The van der Waals surface area contributed by atoms with Gasteiger partial charge in [-0.25, -0.2) is 9.18 Å². The fourth-order valence-corrected chi connectivity index (χ4v) is 4.14. The summed E-state index contributed by atoms with van der Waals surface area (Å²) >= 11 is 0. The quantitative estimate of drug-likeness (QED) is 0.516. The Hall–Kier alpha value is -4.01. The minimum Gasteiger partial charge on any atom is -0.478 e. The number of ether oxygens (including phenoxy) is 2. The van der Waals surface area contributed by atoms with Crippen LogP contribution in [0.2, 0.25) is 0 Å². The second-order valence-corrected chi connectivity index (χ2v) is 8.39.